The molecular formula is C41H76NO8P. The van der Waals surface area contributed by atoms with Crippen molar-refractivity contribution in [2.45, 2.75) is 168 Å². The number of likely N-dealkylation sites (N-methyl/N-ethyl adjacent to an activating group) is 1. The normalized spacial score (nSPS) is 14.1. The molecule has 0 aromatic carbocycles. The molecule has 0 aliphatic rings. The maximum atomic E-state index is 12.6. The molecule has 0 amide bonds. The van der Waals surface area contributed by atoms with Gasteiger partial charge in [0.05, 0.1) is 27.7 Å². The van der Waals surface area contributed by atoms with Gasteiger partial charge >= 0.3 is 11.9 Å². The van der Waals surface area contributed by atoms with Crippen LogP contribution in [-0.2, 0) is 32.7 Å². The second-order valence-electron chi connectivity index (χ2n) is 14.7. The minimum Gasteiger partial charge on any atom is -0.756 e. The number of nitrogens with zero attached hydrogens (tertiary/aromatic N) is 1. The molecule has 0 bridgehead atoms. The number of quaternary nitrogens is 1. The van der Waals surface area contributed by atoms with Crippen LogP contribution < -0.4 is 4.89 Å². The van der Waals surface area contributed by atoms with Crippen LogP contribution in [0.3, 0.4) is 0 Å². The monoisotopic (exact) mass is 742 g/mol. The maximum absolute atomic E-state index is 12.6. The molecule has 0 heterocycles. The molecule has 51 heavy (non-hydrogen) atoms. The van der Waals surface area contributed by atoms with Crippen LogP contribution in [-0.4, -0.2) is 70.0 Å². The number of rotatable bonds is 36. The second-order valence-corrected chi connectivity index (χ2v) is 16.1. The number of phosphoric ester groups is 1. The number of hydrogen-bond acceptors (Lipinski definition) is 8. The average Bonchev–Trinajstić information content (AvgIpc) is 3.07. The summed E-state index contributed by atoms with van der Waals surface area (Å²) < 4.78 is 33.8. The third-order valence-electron chi connectivity index (χ3n) is 8.41. The van der Waals surface area contributed by atoms with Crippen LogP contribution in [0.2, 0.25) is 0 Å². The number of allylic oxidation sites excluding steroid dienone is 6. The standard InChI is InChI=1S/C41H76NO8P/c1-6-8-10-12-14-16-18-20-21-22-24-25-27-29-31-33-40(43)47-37-39(38-49-51(45,46)48-36-35-42(3,4)5)50-41(44)34-32-30-28-26-23-19-17-15-13-11-9-7-2/h15-18,20-21,39H,6-14,19,22-38H2,1-5H3/b17-15+,18-16+,21-20+/t39-/m1/s1. The number of hydrogen-bond donors (Lipinski definition) is 0. The van der Waals surface area contributed by atoms with Crippen molar-refractivity contribution in [2.24, 2.45) is 0 Å². The molecule has 2 atom stereocenters. The predicted molar refractivity (Wildman–Crippen MR) is 208 cm³/mol. The van der Waals surface area contributed by atoms with E-state index in [0.29, 0.717) is 23.9 Å². The third-order valence-corrected chi connectivity index (χ3v) is 9.37. The van der Waals surface area contributed by atoms with Gasteiger partial charge in [0, 0.05) is 12.8 Å². The highest BCUT2D eigenvalue weighted by Crippen LogP contribution is 2.38. The molecule has 0 saturated carbocycles. The molecule has 1 unspecified atom stereocenters. The van der Waals surface area contributed by atoms with E-state index in [2.05, 4.69) is 50.3 Å². The maximum Gasteiger partial charge on any atom is 0.306 e. The molecule has 9 nitrogen and oxygen atoms in total. The Balaban J connectivity index is 4.45. The van der Waals surface area contributed by atoms with Gasteiger partial charge in [0.25, 0.3) is 7.82 Å². The Hall–Kier alpha value is -1.77. The number of esters is 2. The van der Waals surface area contributed by atoms with Crippen LogP contribution in [0.1, 0.15) is 162 Å². The molecule has 0 spiro atoms. The number of phosphoric acid groups is 1. The first-order valence-corrected chi connectivity index (χ1v) is 21.7. The molecule has 0 aromatic heterocycles. The molecule has 10 heteroatoms. The average molecular weight is 742 g/mol. The van der Waals surface area contributed by atoms with Crippen molar-refractivity contribution in [3.8, 4) is 0 Å². The van der Waals surface area contributed by atoms with Gasteiger partial charge < -0.3 is 27.9 Å². The van der Waals surface area contributed by atoms with Crippen LogP contribution in [0.4, 0.5) is 0 Å². The Bertz CT molecular complexity index is 975. The van der Waals surface area contributed by atoms with E-state index in [1.54, 1.807) is 0 Å². The van der Waals surface area contributed by atoms with Crippen molar-refractivity contribution >= 4 is 19.8 Å². The van der Waals surface area contributed by atoms with Gasteiger partial charge in [-0.2, -0.15) is 0 Å². The summed E-state index contributed by atoms with van der Waals surface area (Å²) in [5, 5.41) is 0. The minimum atomic E-state index is -4.62. The largest absolute Gasteiger partial charge is 0.756 e. The third kappa shape index (κ3) is 37.8. The fraction of sp³-hybridized carbons (Fsp3) is 0.805. The van der Waals surface area contributed by atoms with E-state index in [-0.39, 0.29) is 26.1 Å². The van der Waals surface area contributed by atoms with E-state index < -0.39 is 32.5 Å². The topological polar surface area (TPSA) is 111 Å². The lowest BCUT2D eigenvalue weighted by atomic mass is 10.1. The fourth-order valence-electron chi connectivity index (χ4n) is 5.17. The molecule has 0 aliphatic heterocycles. The molecule has 0 aromatic rings. The summed E-state index contributed by atoms with van der Waals surface area (Å²) >= 11 is 0. The summed E-state index contributed by atoms with van der Waals surface area (Å²) in [5.74, 6) is -0.865. The van der Waals surface area contributed by atoms with Gasteiger partial charge in [-0.15, -0.1) is 0 Å². The number of carbonyl (C=O) groups excluding carboxylic acids is 2. The van der Waals surface area contributed by atoms with Gasteiger partial charge in [0.15, 0.2) is 6.10 Å². The summed E-state index contributed by atoms with van der Waals surface area (Å²) in [4.78, 5) is 37.4. The Labute approximate surface area is 312 Å². The summed E-state index contributed by atoms with van der Waals surface area (Å²) in [6, 6.07) is 0. The Kier molecular flexibility index (Phi) is 32.8. The SMILES string of the molecule is CCCCC/C=C/CCCCCCCC(=O)O[C@H](COC(=O)CCCCCCC/C=C/C=C/CCCCCC)COP(=O)([O-])OCC[N+](C)(C)C. The summed E-state index contributed by atoms with van der Waals surface area (Å²) in [5.41, 5.74) is 0. The van der Waals surface area contributed by atoms with Crippen molar-refractivity contribution in [2.75, 3.05) is 47.5 Å². The zero-order chi connectivity index (χ0) is 37.9. The van der Waals surface area contributed by atoms with Gasteiger partial charge in [-0.05, 0) is 64.2 Å². The molecule has 0 fully saturated rings. The quantitative estimate of drug-likeness (QED) is 0.0156. The molecule has 0 radical (unpaired) electrons. The van der Waals surface area contributed by atoms with Crippen LogP contribution >= 0.6 is 7.82 Å². The summed E-state index contributed by atoms with van der Waals surface area (Å²) in [6.45, 7) is 4.13. The smallest absolute Gasteiger partial charge is 0.306 e. The summed E-state index contributed by atoms with van der Waals surface area (Å²) in [6.07, 6.45) is 35.9. The molecule has 0 saturated heterocycles. The van der Waals surface area contributed by atoms with E-state index in [1.807, 2.05) is 21.1 Å². The van der Waals surface area contributed by atoms with E-state index >= 15 is 0 Å². The van der Waals surface area contributed by atoms with Crippen molar-refractivity contribution in [3.63, 3.8) is 0 Å². The zero-order valence-electron chi connectivity index (χ0n) is 33.3. The second kappa shape index (κ2) is 34.0. The molecule has 0 rings (SSSR count). The molecule has 0 aliphatic carbocycles. The highest BCUT2D eigenvalue weighted by atomic mass is 31.2. The Morgan fingerprint density at radius 3 is 1.61 bits per heavy atom. The van der Waals surface area contributed by atoms with Crippen molar-refractivity contribution in [1.29, 1.82) is 0 Å². The van der Waals surface area contributed by atoms with Crippen molar-refractivity contribution in [1.82, 2.24) is 0 Å². The zero-order valence-corrected chi connectivity index (χ0v) is 34.2. The molecule has 298 valence electrons. The lowest BCUT2D eigenvalue weighted by Gasteiger charge is -2.28. The van der Waals surface area contributed by atoms with Gasteiger partial charge in [-0.3, -0.25) is 14.2 Å². The van der Waals surface area contributed by atoms with Crippen LogP contribution in [0.25, 0.3) is 0 Å². The van der Waals surface area contributed by atoms with E-state index in [9.17, 15) is 19.0 Å². The first kappa shape index (κ1) is 49.2. The predicted octanol–water partition coefficient (Wildman–Crippen LogP) is 10.3. The van der Waals surface area contributed by atoms with Gasteiger partial charge in [-0.1, -0.05) is 121 Å². The highest BCUT2D eigenvalue weighted by molar-refractivity contribution is 7.45. The number of carbonyl (C=O) groups is 2. The van der Waals surface area contributed by atoms with Crippen LogP contribution in [0, 0.1) is 0 Å². The summed E-state index contributed by atoms with van der Waals surface area (Å²) in [7, 11) is 1.15. The van der Waals surface area contributed by atoms with E-state index in [4.69, 9.17) is 18.5 Å². The number of ether oxygens (including phenoxy) is 2. The highest BCUT2D eigenvalue weighted by Gasteiger charge is 2.21. The Morgan fingerprint density at radius 1 is 0.608 bits per heavy atom. The first-order chi connectivity index (χ1) is 24.5. The van der Waals surface area contributed by atoms with E-state index in [1.165, 1.54) is 44.9 Å². The van der Waals surface area contributed by atoms with Crippen LogP contribution in [0.15, 0.2) is 36.5 Å². The number of unbranched alkanes of at least 4 members (excludes halogenated alkanes) is 17. The molecular weight excluding hydrogens is 665 g/mol. The molecule has 0 N–H and O–H groups in total. The minimum absolute atomic E-state index is 0.0355. The van der Waals surface area contributed by atoms with Gasteiger partial charge in [0.1, 0.15) is 19.8 Å². The van der Waals surface area contributed by atoms with Crippen molar-refractivity contribution < 1.29 is 42.1 Å². The first-order valence-electron chi connectivity index (χ1n) is 20.2. The fourth-order valence-corrected chi connectivity index (χ4v) is 5.90. The van der Waals surface area contributed by atoms with Crippen LogP contribution in [0.5, 0.6) is 0 Å². The van der Waals surface area contributed by atoms with E-state index in [0.717, 1.165) is 77.0 Å². The lowest BCUT2D eigenvalue weighted by molar-refractivity contribution is -0.870. The Morgan fingerprint density at radius 2 is 1.06 bits per heavy atom. The lowest BCUT2D eigenvalue weighted by Crippen LogP contribution is -2.37. The van der Waals surface area contributed by atoms with Gasteiger partial charge in [-0.25, -0.2) is 0 Å². The van der Waals surface area contributed by atoms with Crippen molar-refractivity contribution in [3.05, 3.63) is 36.5 Å². The van der Waals surface area contributed by atoms with Gasteiger partial charge in [0.2, 0.25) is 0 Å².